The van der Waals surface area contributed by atoms with Crippen molar-refractivity contribution in [2.45, 2.75) is 13.8 Å². The van der Waals surface area contributed by atoms with Gasteiger partial charge in [0.25, 0.3) is 5.91 Å². The summed E-state index contributed by atoms with van der Waals surface area (Å²) in [6, 6.07) is 23.8. The lowest BCUT2D eigenvalue weighted by atomic mass is 10.1. The first-order valence-corrected chi connectivity index (χ1v) is 10.8. The Kier molecular flexibility index (Phi) is 5.69. The van der Waals surface area contributed by atoms with E-state index in [1.165, 1.54) is 11.8 Å². The van der Waals surface area contributed by atoms with E-state index in [4.69, 9.17) is 4.99 Å². The molecule has 3 aromatic carbocycles. The normalized spacial score (nSPS) is 16.8. The van der Waals surface area contributed by atoms with E-state index in [9.17, 15) is 4.79 Å². The molecule has 3 nitrogen and oxygen atoms in total. The molecule has 0 unspecified atom stereocenters. The van der Waals surface area contributed by atoms with E-state index in [-0.39, 0.29) is 5.91 Å². The van der Waals surface area contributed by atoms with Crippen LogP contribution in [0.15, 0.2) is 87.2 Å². The smallest absolute Gasteiger partial charge is 0.268 e. The Bertz CT molecular complexity index is 1150. The molecule has 0 saturated carbocycles. The second-order valence-electron chi connectivity index (χ2n) is 6.77. The van der Waals surface area contributed by atoms with Gasteiger partial charge in [0.15, 0.2) is 5.17 Å². The zero-order valence-corrected chi connectivity index (χ0v) is 18.5. The summed E-state index contributed by atoms with van der Waals surface area (Å²) in [7, 11) is 0. The molecule has 4 rings (SSSR count). The molecule has 0 spiro atoms. The first-order chi connectivity index (χ1) is 14.0. The number of thioether (sulfide) groups is 1. The fourth-order valence-corrected chi connectivity index (χ4v) is 4.52. The minimum absolute atomic E-state index is 0.0587. The molecule has 3 aromatic rings. The molecule has 0 N–H and O–H groups in total. The Morgan fingerprint density at radius 3 is 2.38 bits per heavy atom. The van der Waals surface area contributed by atoms with Crippen LogP contribution in [-0.4, -0.2) is 11.1 Å². The van der Waals surface area contributed by atoms with Crippen molar-refractivity contribution in [1.82, 2.24) is 0 Å². The van der Waals surface area contributed by atoms with Crippen molar-refractivity contribution in [2.75, 3.05) is 4.90 Å². The van der Waals surface area contributed by atoms with Gasteiger partial charge in [-0.3, -0.25) is 9.69 Å². The minimum Gasteiger partial charge on any atom is -0.268 e. The highest BCUT2D eigenvalue weighted by Gasteiger charge is 2.35. The number of benzene rings is 3. The molecule has 1 fully saturated rings. The predicted molar refractivity (Wildman–Crippen MR) is 127 cm³/mol. The number of hydrogen-bond acceptors (Lipinski definition) is 3. The number of aliphatic imine (C=N–C) groups is 1. The van der Waals surface area contributed by atoms with Gasteiger partial charge in [-0.15, -0.1) is 0 Å². The zero-order chi connectivity index (χ0) is 20.4. The first kappa shape index (κ1) is 19.7. The highest BCUT2D eigenvalue weighted by molar-refractivity contribution is 9.10. The minimum atomic E-state index is -0.0587. The molecule has 0 radical (unpaired) electrons. The SMILES string of the molecule is Cc1ccccc1N=C1S/C(=C/c2cccc(Br)c2)C(=O)N1c1ccccc1C. The Morgan fingerprint density at radius 2 is 1.66 bits per heavy atom. The van der Waals surface area contributed by atoms with Gasteiger partial charge in [0.1, 0.15) is 0 Å². The topological polar surface area (TPSA) is 32.7 Å². The average Bonchev–Trinajstić information content (AvgIpc) is 2.99. The molecule has 1 aliphatic rings. The molecule has 5 heteroatoms. The van der Waals surface area contributed by atoms with Crippen LogP contribution in [0.2, 0.25) is 0 Å². The number of anilines is 1. The number of amidine groups is 1. The fourth-order valence-electron chi connectivity index (χ4n) is 3.12. The van der Waals surface area contributed by atoms with Crippen molar-refractivity contribution in [1.29, 1.82) is 0 Å². The van der Waals surface area contributed by atoms with Crippen molar-refractivity contribution in [3.63, 3.8) is 0 Å². The number of amides is 1. The Morgan fingerprint density at radius 1 is 0.931 bits per heavy atom. The van der Waals surface area contributed by atoms with Crippen molar-refractivity contribution in [3.8, 4) is 0 Å². The molecule has 1 aliphatic heterocycles. The van der Waals surface area contributed by atoms with Gasteiger partial charge in [0.2, 0.25) is 0 Å². The number of hydrogen-bond donors (Lipinski definition) is 0. The number of para-hydroxylation sites is 2. The van der Waals surface area contributed by atoms with E-state index in [0.717, 1.165) is 32.5 Å². The number of nitrogens with zero attached hydrogens (tertiary/aromatic N) is 2. The van der Waals surface area contributed by atoms with E-state index in [1.54, 1.807) is 4.90 Å². The number of carbonyl (C=O) groups excluding carboxylic acids is 1. The van der Waals surface area contributed by atoms with Gasteiger partial charge in [-0.1, -0.05) is 64.5 Å². The maximum Gasteiger partial charge on any atom is 0.271 e. The van der Waals surface area contributed by atoms with Crippen molar-refractivity contribution in [2.24, 2.45) is 4.99 Å². The highest BCUT2D eigenvalue weighted by Crippen LogP contribution is 2.38. The van der Waals surface area contributed by atoms with Crippen LogP contribution in [0.3, 0.4) is 0 Å². The molecule has 1 heterocycles. The maximum atomic E-state index is 13.4. The van der Waals surface area contributed by atoms with Crippen molar-refractivity contribution < 1.29 is 4.79 Å². The van der Waals surface area contributed by atoms with Crippen LogP contribution in [0.25, 0.3) is 6.08 Å². The van der Waals surface area contributed by atoms with Gasteiger partial charge < -0.3 is 0 Å². The lowest BCUT2D eigenvalue weighted by molar-refractivity contribution is -0.113. The Labute approximate surface area is 183 Å². The molecule has 29 heavy (non-hydrogen) atoms. The van der Waals surface area contributed by atoms with E-state index < -0.39 is 0 Å². The lowest BCUT2D eigenvalue weighted by Crippen LogP contribution is -2.29. The summed E-state index contributed by atoms with van der Waals surface area (Å²) in [5.41, 5.74) is 4.79. The summed E-state index contributed by atoms with van der Waals surface area (Å²) in [6.07, 6.45) is 1.92. The van der Waals surface area contributed by atoms with E-state index in [2.05, 4.69) is 15.9 Å². The molecular formula is C24H19BrN2OS. The van der Waals surface area contributed by atoms with Crippen LogP contribution in [0.4, 0.5) is 11.4 Å². The molecule has 0 aromatic heterocycles. The summed E-state index contributed by atoms with van der Waals surface area (Å²) in [5, 5.41) is 0.667. The van der Waals surface area contributed by atoms with Gasteiger partial charge in [-0.25, -0.2) is 4.99 Å². The number of rotatable bonds is 3. The Hall–Kier alpha value is -2.63. The monoisotopic (exact) mass is 462 g/mol. The fraction of sp³-hybridized carbons (Fsp3) is 0.0833. The van der Waals surface area contributed by atoms with Gasteiger partial charge in [-0.2, -0.15) is 0 Å². The van der Waals surface area contributed by atoms with Crippen LogP contribution in [0.5, 0.6) is 0 Å². The van der Waals surface area contributed by atoms with Gasteiger partial charge >= 0.3 is 0 Å². The summed E-state index contributed by atoms with van der Waals surface area (Å²) in [5.74, 6) is -0.0587. The third-order valence-electron chi connectivity index (χ3n) is 4.64. The zero-order valence-electron chi connectivity index (χ0n) is 16.1. The van der Waals surface area contributed by atoms with Crippen LogP contribution >= 0.6 is 27.7 Å². The molecule has 0 bridgehead atoms. The van der Waals surface area contributed by atoms with Crippen molar-refractivity contribution >= 4 is 56.2 Å². The van der Waals surface area contributed by atoms with Gasteiger partial charge in [-0.05, 0) is 72.6 Å². The third-order valence-corrected chi connectivity index (χ3v) is 6.10. The molecule has 0 atom stereocenters. The maximum absolute atomic E-state index is 13.4. The summed E-state index contributed by atoms with van der Waals surface area (Å²) in [4.78, 5) is 20.6. The third kappa shape index (κ3) is 4.21. The van der Waals surface area contributed by atoms with Crippen LogP contribution in [0.1, 0.15) is 16.7 Å². The standard InChI is InChI=1S/C24H19BrN2OS/c1-16-8-3-5-12-20(16)26-24-27(21-13-6-4-9-17(21)2)23(28)22(29-24)15-18-10-7-11-19(25)14-18/h3-15H,1-2H3/b22-15+,26-24?. The lowest BCUT2D eigenvalue weighted by Gasteiger charge is -2.18. The molecule has 0 aliphatic carbocycles. The second-order valence-corrected chi connectivity index (χ2v) is 8.70. The predicted octanol–water partition coefficient (Wildman–Crippen LogP) is 6.87. The van der Waals surface area contributed by atoms with E-state index >= 15 is 0 Å². The number of aryl methyl sites for hydroxylation is 2. The van der Waals surface area contributed by atoms with Gasteiger partial charge in [0, 0.05) is 4.47 Å². The summed E-state index contributed by atoms with van der Waals surface area (Å²) in [6.45, 7) is 4.03. The summed E-state index contributed by atoms with van der Waals surface area (Å²) < 4.78 is 0.979. The highest BCUT2D eigenvalue weighted by atomic mass is 79.9. The van der Waals surface area contributed by atoms with Crippen LogP contribution in [-0.2, 0) is 4.79 Å². The van der Waals surface area contributed by atoms with Crippen LogP contribution in [0, 0.1) is 13.8 Å². The van der Waals surface area contributed by atoms with Gasteiger partial charge in [0.05, 0.1) is 16.3 Å². The largest absolute Gasteiger partial charge is 0.271 e. The number of halogens is 1. The Balaban J connectivity index is 1.82. The van der Waals surface area contributed by atoms with E-state index in [1.807, 2.05) is 92.7 Å². The molecule has 1 amide bonds. The first-order valence-electron chi connectivity index (χ1n) is 9.22. The van der Waals surface area contributed by atoms with Crippen LogP contribution < -0.4 is 4.90 Å². The average molecular weight is 463 g/mol. The van der Waals surface area contributed by atoms with E-state index in [0.29, 0.717) is 10.1 Å². The quantitative estimate of drug-likeness (QED) is 0.397. The van der Waals surface area contributed by atoms with Crippen molar-refractivity contribution in [3.05, 3.63) is 98.9 Å². The second kappa shape index (κ2) is 8.39. The molecular weight excluding hydrogens is 444 g/mol. The number of carbonyl (C=O) groups is 1. The molecule has 144 valence electrons. The molecule has 1 saturated heterocycles. The summed E-state index contributed by atoms with van der Waals surface area (Å²) >= 11 is 4.90.